The summed E-state index contributed by atoms with van der Waals surface area (Å²) >= 11 is 6.14. The van der Waals surface area contributed by atoms with Gasteiger partial charge >= 0.3 is 6.01 Å². The van der Waals surface area contributed by atoms with Crippen LogP contribution in [0.4, 0.5) is 5.82 Å². The molecule has 1 aliphatic heterocycles. The minimum atomic E-state index is -1.27. The van der Waals surface area contributed by atoms with Gasteiger partial charge in [-0.15, -0.1) is 0 Å². The van der Waals surface area contributed by atoms with Crippen LogP contribution >= 0.6 is 11.6 Å². The number of hydrogen-bond acceptors (Lipinski definition) is 9. The van der Waals surface area contributed by atoms with E-state index in [0.29, 0.717) is 17.0 Å². The molecule has 1 unspecified atom stereocenters. The lowest BCUT2D eigenvalue weighted by molar-refractivity contribution is -0.0511. The standard InChI is InChI=1S/C18H20ClN5O5/c19-10-4-2-1-3-9(10)5-6-28-18-22-15(20)12-16(23-18)24(8-21-12)17-14(27)13(26)11(7-25)29-17/h1-4,8,11,13-14,17,25-27H,5-7H2,(H2,20,22,23)/t11-,13-,14-,17?/m1/s1. The van der Waals surface area contributed by atoms with Crippen LogP contribution in [0.25, 0.3) is 11.2 Å². The van der Waals surface area contributed by atoms with Gasteiger partial charge in [-0.05, 0) is 11.6 Å². The number of aromatic nitrogens is 4. The molecule has 0 aliphatic carbocycles. The molecule has 29 heavy (non-hydrogen) atoms. The van der Waals surface area contributed by atoms with E-state index >= 15 is 0 Å². The molecule has 3 aromatic rings. The highest BCUT2D eigenvalue weighted by Gasteiger charge is 2.44. The molecule has 4 atom stereocenters. The molecule has 0 radical (unpaired) electrons. The third kappa shape index (κ3) is 3.72. The van der Waals surface area contributed by atoms with Gasteiger partial charge in [0, 0.05) is 11.4 Å². The third-order valence-electron chi connectivity index (χ3n) is 4.78. The van der Waals surface area contributed by atoms with E-state index in [1.54, 1.807) is 6.07 Å². The Hall–Kier alpha value is -2.50. The molecule has 0 spiro atoms. The smallest absolute Gasteiger partial charge is 0.320 e. The molecule has 154 valence electrons. The lowest BCUT2D eigenvalue weighted by Gasteiger charge is -2.16. The van der Waals surface area contributed by atoms with E-state index < -0.39 is 31.1 Å². The van der Waals surface area contributed by atoms with Crippen LogP contribution in [0.1, 0.15) is 11.8 Å². The Morgan fingerprint density at radius 3 is 2.72 bits per heavy atom. The van der Waals surface area contributed by atoms with E-state index in [0.717, 1.165) is 5.56 Å². The molecule has 3 heterocycles. The fourth-order valence-electron chi connectivity index (χ4n) is 3.23. The van der Waals surface area contributed by atoms with Crippen molar-refractivity contribution in [2.24, 2.45) is 0 Å². The van der Waals surface area contributed by atoms with E-state index in [-0.39, 0.29) is 24.1 Å². The lowest BCUT2D eigenvalue weighted by atomic mass is 10.1. The van der Waals surface area contributed by atoms with Crippen LogP contribution < -0.4 is 10.5 Å². The van der Waals surface area contributed by atoms with Gasteiger partial charge in [0.1, 0.15) is 18.3 Å². The van der Waals surface area contributed by atoms with E-state index in [1.165, 1.54) is 10.9 Å². The first-order chi connectivity index (χ1) is 14.0. The highest BCUT2D eigenvalue weighted by atomic mass is 35.5. The molecule has 10 nitrogen and oxygen atoms in total. The molecule has 2 aromatic heterocycles. The Morgan fingerprint density at radius 1 is 1.21 bits per heavy atom. The first kappa shape index (κ1) is 19.8. The number of aliphatic hydroxyl groups is 3. The van der Waals surface area contributed by atoms with Crippen LogP contribution in [-0.4, -0.2) is 66.4 Å². The molecule has 1 aromatic carbocycles. The van der Waals surface area contributed by atoms with Gasteiger partial charge < -0.3 is 30.5 Å². The van der Waals surface area contributed by atoms with E-state index in [4.69, 9.17) is 26.8 Å². The molecule has 11 heteroatoms. The Kier molecular flexibility index (Phi) is 5.52. The molecule has 5 N–H and O–H groups in total. The Morgan fingerprint density at radius 2 is 2.00 bits per heavy atom. The summed E-state index contributed by atoms with van der Waals surface area (Å²) in [6.07, 6.45) is -2.49. The monoisotopic (exact) mass is 421 g/mol. The molecule has 0 saturated carbocycles. The summed E-state index contributed by atoms with van der Waals surface area (Å²) in [6.45, 7) is -0.161. The minimum absolute atomic E-state index is 0.0375. The molecule has 1 saturated heterocycles. The minimum Gasteiger partial charge on any atom is -0.463 e. The van der Waals surface area contributed by atoms with Gasteiger partial charge in [-0.2, -0.15) is 9.97 Å². The van der Waals surface area contributed by atoms with Crippen molar-refractivity contribution in [3.8, 4) is 6.01 Å². The van der Waals surface area contributed by atoms with Crippen molar-refractivity contribution in [3.63, 3.8) is 0 Å². The highest BCUT2D eigenvalue weighted by Crippen LogP contribution is 2.32. The maximum atomic E-state index is 10.3. The van der Waals surface area contributed by atoms with Gasteiger partial charge in [0.25, 0.3) is 0 Å². The van der Waals surface area contributed by atoms with Gasteiger partial charge in [0.2, 0.25) is 0 Å². The van der Waals surface area contributed by atoms with Crippen molar-refractivity contribution in [2.75, 3.05) is 18.9 Å². The zero-order valence-electron chi connectivity index (χ0n) is 15.2. The van der Waals surface area contributed by atoms with E-state index in [1.807, 2.05) is 18.2 Å². The summed E-state index contributed by atoms with van der Waals surface area (Å²) in [5, 5.41) is 30.2. The number of hydrogen-bond donors (Lipinski definition) is 4. The molecule has 1 aliphatic rings. The highest BCUT2D eigenvalue weighted by molar-refractivity contribution is 6.31. The van der Waals surface area contributed by atoms with Crippen LogP contribution in [0.3, 0.4) is 0 Å². The summed E-state index contributed by atoms with van der Waals surface area (Å²) in [7, 11) is 0. The van der Waals surface area contributed by atoms with Crippen LogP contribution in [0, 0.1) is 0 Å². The second-order valence-corrected chi connectivity index (χ2v) is 7.04. The Balaban J connectivity index is 1.56. The number of nitrogens with two attached hydrogens (primary N) is 1. The van der Waals surface area contributed by atoms with E-state index in [9.17, 15) is 15.3 Å². The number of anilines is 1. The predicted octanol–water partition coefficient (Wildman–Crippen LogP) is 0.295. The summed E-state index contributed by atoms with van der Waals surface area (Å²) in [6, 6.07) is 7.48. The van der Waals surface area contributed by atoms with Crippen molar-refractivity contribution in [3.05, 3.63) is 41.2 Å². The Labute approximate surface area is 170 Å². The lowest BCUT2D eigenvalue weighted by Crippen LogP contribution is -2.33. The summed E-state index contributed by atoms with van der Waals surface area (Å²) < 4.78 is 12.6. The van der Waals surface area contributed by atoms with Gasteiger partial charge in [0.15, 0.2) is 23.2 Å². The van der Waals surface area contributed by atoms with Crippen LogP contribution in [0.15, 0.2) is 30.6 Å². The average molecular weight is 422 g/mol. The van der Waals surface area contributed by atoms with Crippen molar-refractivity contribution in [2.45, 2.75) is 31.0 Å². The van der Waals surface area contributed by atoms with Gasteiger partial charge in [-0.25, -0.2) is 4.98 Å². The SMILES string of the molecule is Nc1nc(OCCc2ccccc2Cl)nc2c1ncn2C1O[C@H](CO)[C@@H](O)[C@H]1O. The predicted molar refractivity (Wildman–Crippen MR) is 103 cm³/mol. The fourth-order valence-corrected chi connectivity index (χ4v) is 3.46. The van der Waals surface area contributed by atoms with E-state index in [2.05, 4.69) is 15.0 Å². The second-order valence-electron chi connectivity index (χ2n) is 6.63. The first-order valence-electron chi connectivity index (χ1n) is 8.98. The van der Waals surface area contributed by atoms with Crippen molar-refractivity contribution in [1.82, 2.24) is 19.5 Å². The number of nitrogen functional groups attached to an aromatic ring is 1. The summed E-state index contributed by atoms with van der Waals surface area (Å²) in [4.78, 5) is 12.6. The first-order valence-corrected chi connectivity index (χ1v) is 9.36. The number of ether oxygens (including phenoxy) is 2. The molecule has 0 amide bonds. The fraction of sp³-hybridized carbons (Fsp3) is 0.389. The molecule has 0 bridgehead atoms. The summed E-state index contributed by atoms with van der Waals surface area (Å²) in [5.74, 6) is 0.105. The molecular weight excluding hydrogens is 402 g/mol. The summed E-state index contributed by atoms with van der Waals surface area (Å²) in [5.41, 5.74) is 7.49. The largest absolute Gasteiger partial charge is 0.463 e. The van der Waals surface area contributed by atoms with Gasteiger partial charge in [-0.3, -0.25) is 4.57 Å². The number of fused-ring (bicyclic) bond motifs is 1. The van der Waals surface area contributed by atoms with Crippen molar-refractivity contribution >= 4 is 28.6 Å². The zero-order chi connectivity index (χ0) is 20.5. The third-order valence-corrected chi connectivity index (χ3v) is 5.15. The second kappa shape index (κ2) is 8.09. The maximum absolute atomic E-state index is 10.3. The molecule has 1 fully saturated rings. The quantitative estimate of drug-likeness (QED) is 0.440. The van der Waals surface area contributed by atoms with Crippen LogP contribution in [0.2, 0.25) is 5.02 Å². The van der Waals surface area contributed by atoms with Crippen molar-refractivity contribution in [1.29, 1.82) is 0 Å². The number of imidazole rings is 1. The Bertz CT molecular complexity index is 1020. The van der Waals surface area contributed by atoms with Crippen LogP contribution in [0.5, 0.6) is 6.01 Å². The topological polar surface area (TPSA) is 149 Å². The number of benzene rings is 1. The maximum Gasteiger partial charge on any atom is 0.320 e. The van der Waals surface area contributed by atoms with Crippen molar-refractivity contribution < 1.29 is 24.8 Å². The molecular formula is C18H20ClN5O5. The van der Waals surface area contributed by atoms with Gasteiger partial charge in [0.05, 0.1) is 19.5 Å². The average Bonchev–Trinajstić information content (AvgIpc) is 3.25. The number of aliphatic hydroxyl groups excluding tert-OH is 3. The number of halogens is 1. The molecule has 4 rings (SSSR count). The number of rotatable bonds is 6. The number of nitrogens with zero attached hydrogens (tertiary/aromatic N) is 4. The normalized spacial score (nSPS) is 24.3. The zero-order valence-corrected chi connectivity index (χ0v) is 16.0. The van der Waals surface area contributed by atoms with Gasteiger partial charge in [-0.1, -0.05) is 29.8 Å². The van der Waals surface area contributed by atoms with Crippen LogP contribution in [-0.2, 0) is 11.2 Å².